The molecule has 5 rings (SSSR count). The SMILES string of the molecule is CC(=O)c1ccc2c(c1)c1c3c(ccc1n2CCC=C1CC(F)C1)C(=O)CC3. The van der Waals surface area contributed by atoms with Crippen LogP contribution in [0.2, 0.25) is 0 Å². The molecule has 0 bridgehead atoms. The number of nitrogens with zero attached hydrogens (tertiary/aromatic N) is 1. The van der Waals surface area contributed by atoms with Crippen LogP contribution in [-0.4, -0.2) is 22.3 Å². The normalized spacial score (nSPS) is 18.6. The lowest BCUT2D eigenvalue weighted by atomic mass is 9.89. The van der Waals surface area contributed by atoms with Crippen molar-refractivity contribution in [3.8, 4) is 0 Å². The van der Waals surface area contributed by atoms with Gasteiger partial charge in [-0.1, -0.05) is 11.6 Å². The van der Waals surface area contributed by atoms with E-state index in [-0.39, 0.29) is 11.6 Å². The van der Waals surface area contributed by atoms with Gasteiger partial charge in [-0.15, -0.1) is 0 Å². The van der Waals surface area contributed by atoms with Gasteiger partial charge in [0.25, 0.3) is 0 Å². The third-order valence-electron chi connectivity index (χ3n) is 6.20. The number of halogens is 1. The number of carbonyl (C=O) groups is 2. The van der Waals surface area contributed by atoms with Crippen molar-refractivity contribution in [3.05, 3.63) is 58.7 Å². The van der Waals surface area contributed by atoms with Crippen LogP contribution in [0.15, 0.2) is 42.0 Å². The number of rotatable bonds is 4. The Kier molecular flexibility index (Phi) is 3.97. The molecular formula is C24H22FNO2. The van der Waals surface area contributed by atoms with Gasteiger partial charge >= 0.3 is 0 Å². The zero-order valence-corrected chi connectivity index (χ0v) is 15.9. The van der Waals surface area contributed by atoms with Crippen LogP contribution < -0.4 is 0 Å². The van der Waals surface area contributed by atoms with E-state index in [1.54, 1.807) is 6.92 Å². The van der Waals surface area contributed by atoms with Crippen molar-refractivity contribution in [2.45, 2.75) is 51.7 Å². The Labute approximate surface area is 162 Å². The first-order chi connectivity index (χ1) is 13.5. The molecule has 1 heterocycles. The number of hydrogen-bond donors (Lipinski definition) is 0. The van der Waals surface area contributed by atoms with E-state index in [0.29, 0.717) is 24.8 Å². The molecule has 1 fully saturated rings. The summed E-state index contributed by atoms with van der Waals surface area (Å²) in [4.78, 5) is 24.2. The maximum absolute atomic E-state index is 13.0. The summed E-state index contributed by atoms with van der Waals surface area (Å²) in [7, 11) is 0. The van der Waals surface area contributed by atoms with Crippen molar-refractivity contribution in [3.63, 3.8) is 0 Å². The van der Waals surface area contributed by atoms with Gasteiger partial charge in [0.1, 0.15) is 6.17 Å². The minimum absolute atomic E-state index is 0.0435. The van der Waals surface area contributed by atoms with E-state index >= 15 is 0 Å². The minimum atomic E-state index is -0.662. The Bertz CT molecular complexity index is 1180. The van der Waals surface area contributed by atoms with Crippen LogP contribution in [0.5, 0.6) is 0 Å². The lowest BCUT2D eigenvalue weighted by Crippen LogP contribution is -2.15. The number of carbonyl (C=O) groups excluding carboxylic acids is 2. The van der Waals surface area contributed by atoms with Gasteiger partial charge in [0, 0.05) is 45.9 Å². The number of allylic oxidation sites excluding steroid dienone is 2. The zero-order chi connectivity index (χ0) is 19.4. The summed E-state index contributed by atoms with van der Waals surface area (Å²) >= 11 is 0. The minimum Gasteiger partial charge on any atom is -0.340 e. The van der Waals surface area contributed by atoms with Gasteiger partial charge in [0.15, 0.2) is 11.6 Å². The van der Waals surface area contributed by atoms with Crippen LogP contribution in [-0.2, 0) is 13.0 Å². The number of alkyl halides is 1. The summed E-state index contributed by atoms with van der Waals surface area (Å²) < 4.78 is 15.3. The quantitative estimate of drug-likeness (QED) is 0.441. The third-order valence-corrected chi connectivity index (χ3v) is 6.20. The number of ketones is 2. The smallest absolute Gasteiger partial charge is 0.163 e. The second-order valence-corrected chi connectivity index (χ2v) is 8.01. The van der Waals surface area contributed by atoms with Crippen molar-refractivity contribution < 1.29 is 14.0 Å². The van der Waals surface area contributed by atoms with E-state index in [9.17, 15) is 14.0 Å². The highest BCUT2D eigenvalue weighted by atomic mass is 19.1. The van der Waals surface area contributed by atoms with Crippen molar-refractivity contribution in [2.24, 2.45) is 0 Å². The lowest BCUT2D eigenvalue weighted by molar-refractivity contribution is 0.0991. The highest BCUT2D eigenvalue weighted by molar-refractivity contribution is 6.16. The van der Waals surface area contributed by atoms with Crippen molar-refractivity contribution in [1.29, 1.82) is 0 Å². The van der Waals surface area contributed by atoms with Gasteiger partial charge in [0.05, 0.1) is 0 Å². The zero-order valence-electron chi connectivity index (χ0n) is 15.9. The predicted molar refractivity (Wildman–Crippen MR) is 109 cm³/mol. The topological polar surface area (TPSA) is 39.1 Å². The van der Waals surface area contributed by atoms with Gasteiger partial charge < -0.3 is 4.57 Å². The van der Waals surface area contributed by atoms with Gasteiger partial charge in [-0.3, -0.25) is 9.59 Å². The molecule has 2 aromatic carbocycles. The van der Waals surface area contributed by atoms with Crippen molar-refractivity contribution >= 4 is 33.4 Å². The summed E-state index contributed by atoms with van der Waals surface area (Å²) in [5.41, 5.74) is 6.04. The van der Waals surface area contributed by atoms with E-state index in [4.69, 9.17) is 0 Å². The Morgan fingerprint density at radius 3 is 2.71 bits per heavy atom. The number of benzene rings is 2. The average Bonchev–Trinajstić information content (AvgIpc) is 3.18. The molecule has 0 amide bonds. The summed E-state index contributed by atoms with van der Waals surface area (Å²) in [6.45, 7) is 2.38. The van der Waals surface area contributed by atoms with Crippen LogP contribution in [0, 0.1) is 0 Å². The first kappa shape index (κ1) is 17.4. The van der Waals surface area contributed by atoms with Crippen LogP contribution in [0.4, 0.5) is 4.39 Å². The highest BCUT2D eigenvalue weighted by Crippen LogP contribution is 2.38. The maximum atomic E-state index is 13.0. The molecule has 1 saturated carbocycles. The fraction of sp³-hybridized carbons (Fsp3) is 0.333. The molecule has 2 aliphatic rings. The molecule has 1 aromatic heterocycles. The second kappa shape index (κ2) is 6.40. The molecule has 3 aromatic rings. The lowest BCUT2D eigenvalue weighted by Gasteiger charge is -2.21. The van der Waals surface area contributed by atoms with Gasteiger partial charge in [-0.25, -0.2) is 4.39 Å². The first-order valence-electron chi connectivity index (χ1n) is 9.97. The number of aryl methyl sites for hydroxylation is 2. The summed E-state index contributed by atoms with van der Waals surface area (Å²) in [5.74, 6) is 0.248. The molecule has 0 saturated heterocycles. The Balaban J connectivity index is 1.66. The molecule has 142 valence electrons. The number of aromatic nitrogens is 1. The Morgan fingerprint density at radius 2 is 1.96 bits per heavy atom. The second-order valence-electron chi connectivity index (χ2n) is 8.01. The molecule has 28 heavy (non-hydrogen) atoms. The molecule has 0 radical (unpaired) electrons. The van der Waals surface area contributed by atoms with E-state index < -0.39 is 6.17 Å². The Morgan fingerprint density at radius 1 is 1.18 bits per heavy atom. The average molecular weight is 375 g/mol. The molecule has 0 aliphatic heterocycles. The molecule has 0 N–H and O–H groups in total. The van der Waals surface area contributed by atoms with E-state index in [1.165, 1.54) is 5.57 Å². The fourth-order valence-corrected chi connectivity index (χ4v) is 4.69. The summed E-state index contributed by atoms with van der Waals surface area (Å²) in [5, 5.41) is 2.16. The number of Topliss-reactive ketones (excluding diaryl/α,β-unsaturated/α-hetero) is 2. The fourth-order valence-electron chi connectivity index (χ4n) is 4.69. The van der Waals surface area contributed by atoms with Gasteiger partial charge in [-0.05, 0) is 68.5 Å². The number of fused-ring (bicyclic) bond motifs is 5. The standard InChI is InChI=1S/C24H22FNO2/c1-14(27)16-4-7-21-20(13-16)24-19-6-9-23(28)18(19)5-8-22(24)26(21)10-2-3-15-11-17(25)12-15/h3-5,7-8,13,17H,2,6,9-12H2,1H3. The van der Waals surface area contributed by atoms with Crippen LogP contribution >= 0.6 is 0 Å². The van der Waals surface area contributed by atoms with Gasteiger partial charge in [-0.2, -0.15) is 0 Å². The van der Waals surface area contributed by atoms with Gasteiger partial charge in [0.2, 0.25) is 0 Å². The molecule has 0 spiro atoms. The van der Waals surface area contributed by atoms with Crippen molar-refractivity contribution in [2.75, 3.05) is 0 Å². The van der Waals surface area contributed by atoms with Crippen LogP contribution in [0.25, 0.3) is 21.8 Å². The third kappa shape index (κ3) is 2.62. The Hall–Kier alpha value is -2.75. The molecule has 0 atom stereocenters. The maximum Gasteiger partial charge on any atom is 0.163 e. The number of hydrogen-bond acceptors (Lipinski definition) is 2. The molecule has 4 heteroatoms. The van der Waals surface area contributed by atoms with Crippen LogP contribution in [0.1, 0.15) is 58.9 Å². The van der Waals surface area contributed by atoms with E-state index in [1.807, 2.05) is 30.3 Å². The molecule has 0 unspecified atom stereocenters. The monoisotopic (exact) mass is 375 g/mol. The van der Waals surface area contributed by atoms with Crippen molar-refractivity contribution in [1.82, 2.24) is 4.57 Å². The molecule has 2 aliphatic carbocycles. The summed E-state index contributed by atoms with van der Waals surface area (Å²) in [6, 6.07) is 9.86. The summed E-state index contributed by atoms with van der Waals surface area (Å²) in [6.07, 6.45) is 4.82. The highest BCUT2D eigenvalue weighted by Gasteiger charge is 2.25. The first-order valence-corrected chi connectivity index (χ1v) is 9.97. The molecular weight excluding hydrogens is 353 g/mol. The largest absolute Gasteiger partial charge is 0.340 e. The van der Waals surface area contributed by atoms with E-state index in [0.717, 1.165) is 52.3 Å². The molecule has 3 nitrogen and oxygen atoms in total. The van der Waals surface area contributed by atoms with Crippen LogP contribution in [0.3, 0.4) is 0 Å². The predicted octanol–water partition coefficient (Wildman–Crippen LogP) is 5.57. The van der Waals surface area contributed by atoms with E-state index in [2.05, 4.69) is 10.6 Å².